The van der Waals surface area contributed by atoms with Crippen molar-refractivity contribution in [3.8, 4) is 0 Å². The minimum atomic E-state index is -1.55. The van der Waals surface area contributed by atoms with E-state index in [1.54, 1.807) is 0 Å². The van der Waals surface area contributed by atoms with Gasteiger partial charge in [0.2, 0.25) is 0 Å². The number of hydrogen-bond acceptors (Lipinski definition) is 3. The van der Waals surface area contributed by atoms with Crippen molar-refractivity contribution in [2.75, 3.05) is 0 Å². The number of rotatable bonds is 1. The first-order valence-electron chi connectivity index (χ1n) is 4.04. The molecular weight excluding hydrogens is 207 g/mol. The van der Waals surface area contributed by atoms with Crippen LogP contribution in [-0.4, -0.2) is 19.6 Å². The average Bonchev–Trinajstić information content (AvgIpc) is 2.45. The van der Waals surface area contributed by atoms with Gasteiger partial charge in [-0.05, 0) is 13.8 Å². The highest BCUT2D eigenvalue weighted by Crippen LogP contribution is 2.23. The molecular formula is C8H8ClFN4. The Morgan fingerprint density at radius 2 is 2.14 bits per heavy atom. The molecule has 0 aliphatic carbocycles. The van der Waals surface area contributed by atoms with E-state index in [1.165, 1.54) is 30.6 Å². The third-order valence-electron chi connectivity index (χ3n) is 1.80. The van der Waals surface area contributed by atoms with Crippen molar-refractivity contribution in [2.45, 2.75) is 19.5 Å². The van der Waals surface area contributed by atoms with Gasteiger partial charge >= 0.3 is 0 Å². The lowest BCUT2D eigenvalue weighted by Crippen LogP contribution is -2.14. The minimum absolute atomic E-state index is 0.219. The number of fused-ring (bicyclic) bond motifs is 1. The van der Waals surface area contributed by atoms with Crippen molar-refractivity contribution >= 4 is 17.2 Å². The van der Waals surface area contributed by atoms with Gasteiger partial charge < -0.3 is 0 Å². The van der Waals surface area contributed by atoms with Gasteiger partial charge in [0.15, 0.2) is 17.1 Å². The second-order valence-corrected chi connectivity index (χ2v) is 3.82. The zero-order valence-electron chi connectivity index (χ0n) is 7.70. The Morgan fingerprint density at radius 1 is 1.43 bits per heavy atom. The molecule has 0 atom stereocenters. The van der Waals surface area contributed by atoms with Crippen molar-refractivity contribution in [2.24, 2.45) is 0 Å². The molecule has 2 aromatic heterocycles. The van der Waals surface area contributed by atoms with Gasteiger partial charge in [-0.1, -0.05) is 11.6 Å². The molecule has 0 spiro atoms. The quantitative estimate of drug-likeness (QED) is 0.682. The van der Waals surface area contributed by atoms with Gasteiger partial charge in [0.1, 0.15) is 11.5 Å². The molecule has 0 N–H and O–H groups in total. The lowest BCUT2D eigenvalue weighted by molar-refractivity contribution is 0.204. The molecule has 0 saturated heterocycles. The van der Waals surface area contributed by atoms with E-state index in [0.717, 1.165) is 0 Å². The van der Waals surface area contributed by atoms with Gasteiger partial charge in [0.25, 0.3) is 0 Å². The second-order valence-electron chi connectivity index (χ2n) is 3.44. The average molecular weight is 215 g/mol. The smallest absolute Gasteiger partial charge is 0.175 e. The van der Waals surface area contributed by atoms with E-state index >= 15 is 0 Å². The lowest BCUT2D eigenvalue weighted by Gasteiger charge is -2.10. The summed E-state index contributed by atoms with van der Waals surface area (Å²) in [5, 5.41) is 7.85. The summed E-state index contributed by atoms with van der Waals surface area (Å²) in [6, 6.07) is 1.53. The number of halogens is 2. The first-order valence-corrected chi connectivity index (χ1v) is 4.42. The van der Waals surface area contributed by atoms with E-state index in [1.807, 2.05) is 0 Å². The summed E-state index contributed by atoms with van der Waals surface area (Å²) in [5.74, 6) is 0.219. The van der Waals surface area contributed by atoms with Crippen LogP contribution in [0.5, 0.6) is 0 Å². The fourth-order valence-corrected chi connectivity index (χ4v) is 1.32. The van der Waals surface area contributed by atoms with E-state index in [9.17, 15) is 4.39 Å². The predicted octanol–water partition coefficient (Wildman–Crippen LogP) is 1.98. The zero-order valence-corrected chi connectivity index (χ0v) is 8.46. The summed E-state index contributed by atoms with van der Waals surface area (Å²) in [4.78, 5) is 3.84. The Balaban J connectivity index is 2.70. The largest absolute Gasteiger partial charge is 0.266 e. The van der Waals surface area contributed by atoms with Crippen molar-refractivity contribution in [3.05, 3.63) is 23.4 Å². The normalized spacial score (nSPS) is 12.3. The van der Waals surface area contributed by atoms with Crippen LogP contribution in [0.4, 0.5) is 4.39 Å². The highest BCUT2D eigenvalue weighted by atomic mass is 35.5. The van der Waals surface area contributed by atoms with Crippen LogP contribution in [-0.2, 0) is 5.67 Å². The SMILES string of the molecule is CC(C)(F)c1nnc2cc(Cl)ncn12. The molecule has 14 heavy (non-hydrogen) atoms. The summed E-state index contributed by atoms with van der Waals surface area (Å²) < 4.78 is 15.1. The molecule has 6 heteroatoms. The predicted molar refractivity (Wildman–Crippen MR) is 49.9 cm³/mol. The second kappa shape index (κ2) is 2.88. The standard InChI is InChI=1S/C8H8ClFN4/c1-8(2,10)7-13-12-6-3-5(9)11-4-14(6)7/h3-4H,1-2H3. The van der Waals surface area contributed by atoms with E-state index < -0.39 is 5.67 Å². The molecule has 0 bridgehead atoms. The number of aromatic nitrogens is 4. The Hall–Kier alpha value is -1.23. The van der Waals surface area contributed by atoms with Crippen LogP contribution in [0.15, 0.2) is 12.4 Å². The minimum Gasteiger partial charge on any atom is -0.266 e. The molecule has 2 aromatic rings. The summed E-state index contributed by atoms with van der Waals surface area (Å²) in [7, 11) is 0. The zero-order chi connectivity index (χ0) is 10.3. The molecule has 2 rings (SSSR count). The van der Waals surface area contributed by atoms with E-state index in [4.69, 9.17) is 11.6 Å². The molecule has 0 fully saturated rings. The summed E-state index contributed by atoms with van der Waals surface area (Å²) >= 11 is 5.66. The molecule has 0 aliphatic rings. The molecule has 0 radical (unpaired) electrons. The van der Waals surface area contributed by atoms with Crippen LogP contribution in [0.1, 0.15) is 19.7 Å². The van der Waals surface area contributed by atoms with Gasteiger partial charge in [-0.3, -0.25) is 4.40 Å². The summed E-state index contributed by atoms with van der Waals surface area (Å²) in [6.07, 6.45) is 1.41. The summed E-state index contributed by atoms with van der Waals surface area (Å²) in [5.41, 5.74) is -1.06. The van der Waals surface area contributed by atoms with Gasteiger partial charge in [-0.25, -0.2) is 9.37 Å². The van der Waals surface area contributed by atoms with Crippen molar-refractivity contribution in [1.82, 2.24) is 19.6 Å². The first-order chi connectivity index (χ1) is 6.48. The number of alkyl halides is 1. The fourth-order valence-electron chi connectivity index (χ4n) is 1.18. The van der Waals surface area contributed by atoms with Gasteiger partial charge in [-0.15, -0.1) is 10.2 Å². The van der Waals surface area contributed by atoms with Crippen molar-refractivity contribution in [3.63, 3.8) is 0 Å². The molecule has 0 saturated carbocycles. The van der Waals surface area contributed by atoms with Crippen LogP contribution in [0.2, 0.25) is 5.15 Å². The lowest BCUT2D eigenvalue weighted by atomic mass is 10.1. The number of hydrogen-bond donors (Lipinski definition) is 0. The third-order valence-corrected chi connectivity index (χ3v) is 2.01. The van der Waals surface area contributed by atoms with E-state index in [-0.39, 0.29) is 5.82 Å². The Morgan fingerprint density at radius 3 is 2.79 bits per heavy atom. The molecule has 74 valence electrons. The van der Waals surface area contributed by atoms with Crippen LogP contribution in [0.25, 0.3) is 5.65 Å². The molecule has 0 aliphatic heterocycles. The monoisotopic (exact) mass is 214 g/mol. The molecule has 4 nitrogen and oxygen atoms in total. The maximum atomic E-state index is 13.6. The number of nitrogens with zero attached hydrogens (tertiary/aromatic N) is 4. The van der Waals surface area contributed by atoms with Crippen molar-refractivity contribution < 1.29 is 4.39 Å². The van der Waals surface area contributed by atoms with Crippen LogP contribution >= 0.6 is 11.6 Å². The molecule has 2 heterocycles. The van der Waals surface area contributed by atoms with E-state index in [0.29, 0.717) is 10.8 Å². The van der Waals surface area contributed by atoms with Crippen LogP contribution in [0, 0.1) is 0 Å². The molecule has 0 aromatic carbocycles. The van der Waals surface area contributed by atoms with Crippen LogP contribution < -0.4 is 0 Å². The summed E-state index contributed by atoms with van der Waals surface area (Å²) in [6.45, 7) is 2.83. The Labute approximate surface area is 84.7 Å². The van der Waals surface area contributed by atoms with Crippen molar-refractivity contribution in [1.29, 1.82) is 0 Å². The van der Waals surface area contributed by atoms with Gasteiger partial charge in [0.05, 0.1) is 0 Å². The van der Waals surface area contributed by atoms with E-state index in [2.05, 4.69) is 15.2 Å². The van der Waals surface area contributed by atoms with Crippen LogP contribution in [0.3, 0.4) is 0 Å². The Kier molecular flexibility index (Phi) is 1.92. The molecule has 0 unspecified atom stereocenters. The molecule has 0 amide bonds. The first kappa shape index (κ1) is 9.33. The maximum absolute atomic E-state index is 13.6. The highest BCUT2D eigenvalue weighted by Gasteiger charge is 2.25. The topological polar surface area (TPSA) is 43.1 Å². The van der Waals surface area contributed by atoms with Gasteiger partial charge in [-0.2, -0.15) is 0 Å². The van der Waals surface area contributed by atoms with Gasteiger partial charge in [0, 0.05) is 6.07 Å². The fraction of sp³-hybridized carbons (Fsp3) is 0.375. The Bertz CT molecular complexity index is 474. The highest BCUT2D eigenvalue weighted by molar-refractivity contribution is 6.29. The maximum Gasteiger partial charge on any atom is 0.175 e. The third kappa shape index (κ3) is 1.43.